The van der Waals surface area contributed by atoms with Gasteiger partial charge in [-0.05, 0) is 38.0 Å². The molecule has 1 aromatic carbocycles. The van der Waals surface area contributed by atoms with Crippen molar-refractivity contribution in [3.63, 3.8) is 0 Å². The van der Waals surface area contributed by atoms with Crippen LogP contribution in [0.25, 0.3) is 0 Å². The van der Waals surface area contributed by atoms with Gasteiger partial charge in [0.1, 0.15) is 5.82 Å². The van der Waals surface area contributed by atoms with Gasteiger partial charge in [-0.3, -0.25) is 9.69 Å². The first-order chi connectivity index (χ1) is 11.5. The molecule has 6 heteroatoms. The summed E-state index contributed by atoms with van der Waals surface area (Å²) < 4.78 is 13.3. The molecule has 0 aromatic heterocycles. The molecule has 1 unspecified atom stereocenters. The van der Waals surface area contributed by atoms with Crippen LogP contribution in [0.4, 0.5) is 4.39 Å². The van der Waals surface area contributed by atoms with Crippen LogP contribution in [-0.4, -0.2) is 53.2 Å². The molecule has 130 valence electrons. The van der Waals surface area contributed by atoms with E-state index < -0.39 is 5.60 Å². The Bertz CT molecular complexity index is 649. The van der Waals surface area contributed by atoms with Crippen LogP contribution in [0.1, 0.15) is 32.3 Å². The van der Waals surface area contributed by atoms with Crippen LogP contribution in [0.3, 0.4) is 0 Å². The third-order valence-electron chi connectivity index (χ3n) is 4.62. The molecule has 0 radical (unpaired) electrons. The molecule has 2 aliphatic heterocycles. The second-order valence-corrected chi connectivity index (χ2v) is 6.88. The molecule has 0 aliphatic carbocycles. The normalized spacial score (nSPS) is 25.1. The Hall–Kier alpha value is -1.95. The molecule has 1 atom stereocenters. The molecule has 0 N–H and O–H groups in total. The number of oxime groups is 1. The van der Waals surface area contributed by atoms with Crippen molar-refractivity contribution < 1.29 is 14.0 Å². The first kappa shape index (κ1) is 16.9. The van der Waals surface area contributed by atoms with Gasteiger partial charge in [0.2, 0.25) is 5.60 Å². The maximum Gasteiger partial charge on any atom is 0.269 e. The lowest BCUT2D eigenvalue weighted by Gasteiger charge is -2.29. The number of amides is 1. The standard InChI is InChI=1S/C18H24FN3O2/c1-14-12-18(2,24-20-14)17(23)22-8-4-7-21(9-10-22)13-15-5-3-6-16(19)11-15/h3,5-6,11H,4,7-10,12-13H2,1-2H3. The third kappa shape index (κ3) is 3.75. The molecule has 1 amide bonds. The van der Waals surface area contributed by atoms with Gasteiger partial charge in [-0.15, -0.1) is 0 Å². The van der Waals surface area contributed by atoms with Gasteiger partial charge in [0, 0.05) is 39.1 Å². The van der Waals surface area contributed by atoms with Gasteiger partial charge in [-0.25, -0.2) is 4.39 Å². The van der Waals surface area contributed by atoms with Crippen LogP contribution in [0.2, 0.25) is 0 Å². The topological polar surface area (TPSA) is 45.1 Å². The lowest BCUT2D eigenvalue weighted by molar-refractivity contribution is -0.153. The molecule has 24 heavy (non-hydrogen) atoms. The summed E-state index contributed by atoms with van der Waals surface area (Å²) in [5.74, 6) is -0.198. The summed E-state index contributed by atoms with van der Waals surface area (Å²) >= 11 is 0. The summed E-state index contributed by atoms with van der Waals surface area (Å²) in [5.41, 5.74) is 0.959. The fourth-order valence-electron chi connectivity index (χ4n) is 3.41. The van der Waals surface area contributed by atoms with E-state index in [4.69, 9.17) is 4.84 Å². The van der Waals surface area contributed by atoms with Gasteiger partial charge in [-0.1, -0.05) is 17.3 Å². The van der Waals surface area contributed by atoms with Crippen molar-refractivity contribution in [1.82, 2.24) is 9.80 Å². The summed E-state index contributed by atoms with van der Waals surface area (Å²) in [4.78, 5) is 22.3. The highest BCUT2D eigenvalue weighted by Gasteiger charge is 2.43. The van der Waals surface area contributed by atoms with Gasteiger partial charge < -0.3 is 9.74 Å². The van der Waals surface area contributed by atoms with Crippen molar-refractivity contribution in [1.29, 1.82) is 0 Å². The van der Waals surface area contributed by atoms with E-state index in [-0.39, 0.29) is 11.7 Å². The fourth-order valence-corrected chi connectivity index (χ4v) is 3.41. The largest absolute Gasteiger partial charge is 0.379 e. The molecular formula is C18H24FN3O2. The zero-order valence-corrected chi connectivity index (χ0v) is 14.3. The highest BCUT2D eigenvalue weighted by Crippen LogP contribution is 2.26. The van der Waals surface area contributed by atoms with Crippen molar-refractivity contribution in [2.24, 2.45) is 5.16 Å². The van der Waals surface area contributed by atoms with Gasteiger partial charge in [-0.2, -0.15) is 0 Å². The second-order valence-electron chi connectivity index (χ2n) is 6.88. The molecule has 1 fully saturated rings. The Morgan fingerprint density at radius 1 is 1.33 bits per heavy atom. The monoisotopic (exact) mass is 333 g/mol. The van der Waals surface area contributed by atoms with Crippen LogP contribution in [-0.2, 0) is 16.2 Å². The Kier molecular flexibility index (Phi) is 4.85. The molecule has 0 spiro atoms. The zero-order chi connectivity index (χ0) is 17.2. The summed E-state index contributed by atoms with van der Waals surface area (Å²) in [6.07, 6.45) is 1.45. The van der Waals surface area contributed by atoms with E-state index in [2.05, 4.69) is 10.1 Å². The SMILES string of the molecule is CC1=NOC(C)(C(=O)N2CCCN(Cc3cccc(F)c3)CC2)C1. The van der Waals surface area contributed by atoms with Gasteiger partial charge in [0.15, 0.2) is 0 Å². The number of carbonyl (C=O) groups excluding carboxylic acids is 1. The molecule has 1 aromatic rings. The van der Waals surface area contributed by atoms with E-state index in [1.54, 1.807) is 12.1 Å². The molecule has 2 aliphatic rings. The molecule has 3 rings (SSSR count). The molecular weight excluding hydrogens is 309 g/mol. The average molecular weight is 333 g/mol. The van der Waals surface area contributed by atoms with E-state index in [1.807, 2.05) is 24.8 Å². The maximum absolute atomic E-state index is 13.3. The first-order valence-electron chi connectivity index (χ1n) is 8.44. The quantitative estimate of drug-likeness (QED) is 0.853. The Morgan fingerprint density at radius 3 is 2.88 bits per heavy atom. The van der Waals surface area contributed by atoms with Crippen LogP contribution < -0.4 is 0 Å². The molecule has 5 nitrogen and oxygen atoms in total. The minimum atomic E-state index is -0.859. The predicted molar refractivity (Wildman–Crippen MR) is 90.1 cm³/mol. The van der Waals surface area contributed by atoms with Crippen molar-refractivity contribution in [3.8, 4) is 0 Å². The van der Waals surface area contributed by atoms with Crippen molar-refractivity contribution >= 4 is 11.6 Å². The summed E-state index contributed by atoms with van der Waals surface area (Å²) in [5, 5.41) is 3.93. The minimum absolute atomic E-state index is 0.00991. The predicted octanol–water partition coefficient (Wildman–Crippen LogP) is 2.41. The van der Waals surface area contributed by atoms with Crippen molar-refractivity contribution in [3.05, 3.63) is 35.6 Å². The lowest BCUT2D eigenvalue weighted by atomic mass is 9.98. The van der Waals surface area contributed by atoms with Crippen LogP contribution in [0.15, 0.2) is 29.4 Å². The third-order valence-corrected chi connectivity index (χ3v) is 4.62. The lowest BCUT2D eigenvalue weighted by Crippen LogP contribution is -2.48. The molecule has 0 bridgehead atoms. The Morgan fingerprint density at radius 2 is 2.17 bits per heavy atom. The minimum Gasteiger partial charge on any atom is -0.379 e. The van der Waals surface area contributed by atoms with E-state index in [0.717, 1.165) is 37.3 Å². The highest BCUT2D eigenvalue weighted by molar-refractivity contribution is 5.94. The number of hydrogen-bond donors (Lipinski definition) is 0. The first-order valence-corrected chi connectivity index (χ1v) is 8.44. The van der Waals surface area contributed by atoms with E-state index in [9.17, 15) is 9.18 Å². The average Bonchev–Trinajstić information content (AvgIpc) is 2.76. The maximum atomic E-state index is 13.3. The highest BCUT2D eigenvalue weighted by atomic mass is 19.1. The van der Waals surface area contributed by atoms with Gasteiger partial charge in [0.25, 0.3) is 5.91 Å². The van der Waals surface area contributed by atoms with E-state index >= 15 is 0 Å². The number of carbonyl (C=O) groups is 1. The van der Waals surface area contributed by atoms with Crippen LogP contribution in [0, 0.1) is 5.82 Å². The summed E-state index contributed by atoms with van der Waals surface area (Å²) in [6, 6.07) is 6.70. The number of halogens is 1. The fraction of sp³-hybridized carbons (Fsp3) is 0.556. The van der Waals surface area contributed by atoms with E-state index in [1.165, 1.54) is 6.07 Å². The van der Waals surface area contributed by atoms with E-state index in [0.29, 0.717) is 19.5 Å². The number of hydrogen-bond acceptors (Lipinski definition) is 4. The Balaban J connectivity index is 1.58. The smallest absolute Gasteiger partial charge is 0.269 e. The van der Waals surface area contributed by atoms with Gasteiger partial charge in [0.05, 0.1) is 5.71 Å². The molecule has 1 saturated heterocycles. The van der Waals surface area contributed by atoms with Crippen LogP contribution >= 0.6 is 0 Å². The number of nitrogens with zero attached hydrogens (tertiary/aromatic N) is 3. The Labute approximate surface area is 142 Å². The summed E-state index contributed by atoms with van der Waals surface area (Å²) in [7, 11) is 0. The zero-order valence-electron chi connectivity index (χ0n) is 14.3. The second kappa shape index (κ2) is 6.89. The number of benzene rings is 1. The van der Waals surface area contributed by atoms with Gasteiger partial charge >= 0.3 is 0 Å². The van der Waals surface area contributed by atoms with Crippen molar-refractivity contribution in [2.75, 3.05) is 26.2 Å². The van der Waals surface area contributed by atoms with Crippen LogP contribution in [0.5, 0.6) is 0 Å². The molecule has 2 heterocycles. The number of rotatable bonds is 3. The summed E-state index contributed by atoms with van der Waals surface area (Å²) in [6.45, 7) is 7.44. The molecule has 0 saturated carbocycles. The van der Waals surface area contributed by atoms with Crippen molar-refractivity contribution in [2.45, 2.75) is 38.8 Å².